The number of carbonyl (C=O) groups excluding carboxylic acids is 1. The van der Waals surface area contributed by atoms with E-state index in [0.29, 0.717) is 11.3 Å². The van der Waals surface area contributed by atoms with Crippen molar-refractivity contribution in [2.75, 3.05) is 5.73 Å². The molecule has 0 aromatic heterocycles. The van der Waals surface area contributed by atoms with Crippen LogP contribution in [0.5, 0.6) is 0 Å². The minimum absolute atomic E-state index is 0.628. The van der Waals surface area contributed by atoms with Crippen LogP contribution in [-0.2, 0) is 6.42 Å². The summed E-state index contributed by atoms with van der Waals surface area (Å²) in [5.41, 5.74) is 8.03. The number of nitrogens with two attached hydrogens (primary N) is 1. The molecule has 3 heteroatoms. The summed E-state index contributed by atoms with van der Waals surface area (Å²) < 4.78 is 0.874. The molecule has 0 aliphatic heterocycles. The lowest BCUT2D eigenvalue weighted by Crippen LogP contribution is -1.95. The summed E-state index contributed by atoms with van der Waals surface area (Å²) in [6.07, 6.45) is 2.80. The average Bonchev–Trinajstić information content (AvgIpc) is 2.11. The second-order valence-electron chi connectivity index (χ2n) is 2.95. The maximum absolute atomic E-state index is 10.7. The number of aryl methyl sites for hydroxylation is 1. The topological polar surface area (TPSA) is 43.1 Å². The van der Waals surface area contributed by atoms with Gasteiger partial charge in [0.25, 0.3) is 0 Å². The summed E-state index contributed by atoms with van der Waals surface area (Å²) in [5.74, 6) is 0. The van der Waals surface area contributed by atoms with Crippen molar-refractivity contribution in [1.82, 2.24) is 0 Å². The van der Waals surface area contributed by atoms with Crippen LogP contribution in [0.1, 0.15) is 29.3 Å². The molecule has 0 unspecified atom stereocenters. The lowest BCUT2D eigenvalue weighted by molar-refractivity contribution is 0.112. The van der Waals surface area contributed by atoms with Crippen molar-refractivity contribution in [2.24, 2.45) is 0 Å². The van der Waals surface area contributed by atoms with Crippen molar-refractivity contribution < 1.29 is 4.79 Å². The zero-order chi connectivity index (χ0) is 9.84. The molecule has 0 radical (unpaired) electrons. The van der Waals surface area contributed by atoms with E-state index in [9.17, 15) is 4.79 Å². The van der Waals surface area contributed by atoms with E-state index in [2.05, 4.69) is 22.9 Å². The first-order chi connectivity index (χ1) is 6.19. The first kappa shape index (κ1) is 10.3. The molecular formula is C10H12BrNO. The number of nitrogen functional groups attached to an aromatic ring is 1. The van der Waals surface area contributed by atoms with Crippen LogP contribution in [0, 0.1) is 0 Å². The van der Waals surface area contributed by atoms with E-state index in [0.717, 1.165) is 29.2 Å². The predicted molar refractivity (Wildman–Crippen MR) is 57.9 cm³/mol. The van der Waals surface area contributed by atoms with E-state index in [1.807, 2.05) is 6.07 Å². The number of aldehydes is 1. The zero-order valence-corrected chi connectivity index (χ0v) is 9.10. The van der Waals surface area contributed by atoms with Crippen molar-refractivity contribution in [1.29, 1.82) is 0 Å². The second-order valence-corrected chi connectivity index (χ2v) is 3.74. The van der Waals surface area contributed by atoms with Gasteiger partial charge in [0, 0.05) is 15.7 Å². The van der Waals surface area contributed by atoms with Crippen LogP contribution in [0.2, 0.25) is 0 Å². The molecule has 70 valence electrons. The zero-order valence-electron chi connectivity index (χ0n) is 7.51. The SMILES string of the molecule is CCCc1cc(N)cc(C=O)c1Br. The molecule has 0 spiro atoms. The number of hydrogen-bond donors (Lipinski definition) is 1. The van der Waals surface area contributed by atoms with Crippen molar-refractivity contribution >= 4 is 27.9 Å². The standard InChI is InChI=1S/C10H12BrNO/c1-2-3-7-4-9(12)5-8(6-13)10(7)11/h4-6H,2-3,12H2,1H3. The summed E-state index contributed by atoms with van der Waals surface area (Å²) in [4.78, 5) is 10.7. The molecule has 1 aromatic rings. The number of rotatable bonds is 3. The molecule has 0 saturated carbocycles. The third-order valence-electron chi connectivity index (χ3n) is 1.84. The van der Waals surface area contributed by atoms with Crippen LogP contribution >= 0.6 is 15.9 Å². The largest absolute Gasteiger partial charge is 0.399 e. The van der Waals surface area contributed by atoms with Crippen LogP contribution in [0.4, 0.5) is 5.69 Å². The Morgan fingerprint density at radius 3 is 2.77 bits per heavy atom. The number of halogens is 1. The highest BCUT2D eigenvalue weighted by Crippen LogP contribution is 2.24. The van der Waals surface area contributed by atoms with Crippen LogP contribution in [0.25, 0.3) is 0 Å². The van der Waals surface area contributed by atoms with Gasteiger partial charge in [-0.25, -0.2) is 0 Å². The van der Waals surface area contributed by atoms with Gasteiger partial charge in [-0.1, -0.05) is 13.3 Å². The van der Waals surface area contributed by atoms with Gasteiger partial charge in [-0.3, -0.25) is 4.79 Å². The van der Waals surface area contributed by atoms with Gasteiger partial charge in [-0.2, -0.15) is 0 Å². The van der Waals surface area contributed by atoms with Crippen molar-refractivity contribution in [2.45, 2.75) is 19.8 Å². The van der Waals surface area contributed by atoms with E-state index in [1.165, 1.54) is 0 Å². The van der Waals surface area contributed by atoms with Gasteiger partial charge in [0.2, 0.25) is 0 Å². The fourth-order valence-electron chi connectivity index (χ4n) is 1.27. The van der Waals surface area contributed by atoms with Crippen LogP contribution in [0.3, 0.4) is 0 Å². The molecule has 1 rings (SSSR count). The van der Waals surface area contributed by atoms with Gasteiger partial charge in [0.1, 0.15) is 0 Å². The maximum Gasteiger partial charge on any atom is 0.151 e. The monoisotopic (exact) mass is 241 g/mol. The average molecular weight is 242 g/mol. The first-order valence-electron chi connectivity index (χ1n) is 4.22. The van der Waals surface area contributed by atoms with Crippen molar-refractivity contribution in [3.63, 3.8) is 0 Å². The van der Waals surface area contributed by atoms with Crippen molar-refractivity contribution in [3.05, 3.63) is 27.7 Å². The van der Waals surface area contributed by atoms with Gasteiger partial charge in [0.05, 0.1) is 0 Å². The Kier molecular flexibility index (Phi) is 3.48. The van der Waals surface area contributed by atoms with E-state index >= 15 is 0 Å². The highest BCUT2D eigenvalue weighted by atomic mass is 79.9. The normalized spacial score (nSPS) is 10.0. The van der Waals surface area contributed by atoms with Gasteiger partial charge >= 0.3 is 0 Å². The molecule has 0 heterocycles. The smallest absolute Gasteiger partial charge is 0.151 e. The summed E-state index contributed by atoms with van der Waals surface area (Å²) in [6, 6.07) is 3.58. The summed E-state index contributed by atoms with van der Waals surface area (Å²) >= 11 is 3.39. The summed E-state index contributed by atoms with van der Waals surface area (Å²) in [7, 11) is 0. The van der Waals surface area contributed by atoms with E-state index in [-0.39, 0.29) is 0 Å². The van der Waals surface area contributed by atoms with Gasteiger partial charge in [0.15, 0.2) is 6.29 Å². The van der Waals surface area contributed by atoms with Gasteiger partial charge in [-0.15, -0.1) is 0 Å². The Labute approximate surface area is 86.3 Å². The molecular weight excluding hydrogens is 230 g/mol. The maximum atomic E-state index is 10.7. The second kappa shape index (κ2) is 4.42. The van der Waals surface area contributed by atoms with Crippen LogP contribution in [0.15, 0.2) is 16.6 Å². The highest BCUT2D eigenvalue weighted by Gasteiger charge is 2.05. The molecule has 0 amide bonds. The minimum Gasteiger partial charge on any atom is -0.399 e. The molecule has 2 nitrogen and oxygen atoms in total. The molecule has 13 heavy (non-hydrogen) atoms. The lowest BCUT2D eigenvalue weighted by atomic mass is 10.1. The molecule has 0 atom stereocenters. The third-order valence-corrected chi connectivity index (χ3v) is 2.81. The Hall–Kier alpha value is -0.830. The molecule has 2 N–H and O–H groups in total. The Bertz CT molecular complexity index is 323. The molecule has 0 fully saturated rings. The fourth-order valence-corrected chi connectivity index (χ4v) is 1.79. The predicted octanol–water partition coefficient (Wildman–Crippen LogP) is 2.80. The van der Waals surface area contributed by atoms with E-state index < -0.39 is 0 Å². The van der Waals surface area contributed by atoms with Crippen LogP contribution < -0.4 is 5.73 Å². The molecule has 0 bridgehead atoms. The summed E-state index contributed by atoms with van der Waals surface area (Å²) in [6.45, 7) is 2.09. The molecule has 0 aliphatic rings. The molecule has 1 aromatic carbocycles. The lowest BCUT2D eigenvalue weighted by Gasteiger charge is -2.06. The van der Waals surface area contributed by atoms with Gasteiger partial charge < -0.3 is 5.73 Å². The van der Waals surface area contributed by atoms with E-state index in [4.69, 9.17) is 5.73 Å². The van der Waals surface area contributed by atoms with Gasteiger partial charge in [-0.05, 0) is 40.0 Å². The molecule has 0 aliphatic carbocycles. The Morgan fingerprint density at radius 2 is 2.23 bits per heavy atom. The minimum atomic E-state index is 0.628. The van der Waals surface area contributed by atoms with Crippen molar-refractivity contribution in [3.8, 4) is 0 Å². The quantitative estimate of drug-likeness (QED) is 0.654. The first-order valence-corrected chi connectivity index (χ1v) is 5.01. The number of carbonyl (C=O) groups is 1. The Balaban J connectivity index is 3.18. The molecule has 0 saturated heterocycles. The fraction of sp³-hybridized carbons (Fsp3) is 0.300. The van der Waals surface area contributed by atoms with E-state index in [1.54, 1.807) is 6.07 Å². The third kappa shape index (κ3) is 2.31. The Morgan fingerprint density at radius 1 is 1.54 bits per heavy atom. The number of hydrogen-bond acceptors (Lipinski definition) is 2. The summed E-state index contributed by atoms with van der Waals surface area (Å²) in [5, 5.41) is 0. The number of benzene rings is 1. The highest BCUT2D eigenvalue weighted by molar-refractivity contribution is 9.10. The number of anilines is 1. The van der Waals surface area contributed by atoms with Crippen LogP contribution in [-0.4, -0.2) is 6.29 Å².